The standard InChI is InChI=1S/C3H6O2.C3H8O.H2O/c1-3(4)5-2;1-3(2)4;/h1-2H3;3-4H,1-2H3;1H2. The molecule has 10 heavy (non-hydrogen) atoms. The average molecular weight is 152 g/mol. The highest BCUT2D eigenvalue weighted by Crippen LogP contribution is 1.65. The minimum Gasteiger partial charge on any atom is -0.469 e. The van der Waals surface area contributed by atoms with Crippen LogP contribution in [0.4, 0.5) is 0 Å². The van der Waals surface area contributed by atoms with Crippen molar-refractivity contribution in [3.63, 3.8) is 0 Å². The molecule has 3 N–H and O–H groups in total. The number of aliphatic hydroxyl groups excluding tert-OH is 1. The summed E-state index contributed by atoms with van der Waals surface area (Å²) < 4.78 is 4.11. The maximum Gasteiger partial charge on any atom is 0.302 e. The highest BCUT2D eigenvalue weighted by molar-refractivity contribution is 5.65. The van der Waals surface area contributed by atoms with E-state index in [1.807, 2.05) is 0 Å². The lowest BCUT2D eigenvalue weighted by Gasteiger charge is -1.80. The third-order valence-electron chi connectivity index (χ3n) is 0.287. The zero-order chi connectivity index (χ0) is 7.86. The first kappa shape index (κ1) is 16.2. The summed E-state index contributed by atoms with van der Waals surface area (Å²) in [6.45, 7) is 4.81. The minimum absolute atomic E-state index is 0. The Morgan fingerprint density at radius 2 is 1.60 bits per heavy atom. The third-order valence-corrected chi connectivity index (χ3v) is 0.287. The number of carbonyl (C=O) groups is 1. The highest BCUT2D eigenvalue weighted by Gasteiger charge is 1.75. The smallest absolute Gasteiger partial charge is 0.302 e. The Morgan fingerprint density at radius 3 is 1.60 bits per heavy atom. The van der Waals surface area contributed by atoms with Crippen LogP contribution in [-0.2, 0) is 9.53 Å². The van der Waals surface area contributed by atoms with Crippen LogP contribution in [0, 0.1) is 0 Å². The van der Waals surface area contributed by atoms with Gasteiger partial charge >= 0.3 is 5.97 Å². The summed E-state index contributed by atoms with van der Waals surface area (Å²) in [7, 11) is 1.35. The molecule has 0 saturated heterocycles. The van der Waals surface area contributed by atoms with Gasteiger partial charge in [0.25, 0.3) is 0 Å². The molecule has 0 aliphatic rings. The van der Waals surface area contributed by atoms with E-state index >= 15 is 0 Å². The van der Waals surface area contributed by atoms with Crippen LogP contribution >= 0.6 is 0 Å². The van der Waals surface area contributed by atoms with E-state index in [0.717, 1.165) is 0 Å². The topological polar surface area (TPSA) is 78.0 Å². The quantitative estimate of drug-likeness (QED) is 0.486. The van der Waals surface area contributed by atoms with Crippen molar-refractivity contribution in [1.29, 1.82) is 0 Å². The van der Waals surface area contributed by atoms with Gasteiger partial charge in [0.2, 0.25) is 0 Å². The second kappa shape index (κ2) is 11.2. The Kier molecular flexibility index (Phi) is 18.2. The summed E-state index contributed by atoms with van der Waals surface area (Å²) in [6, 6.07) is 0. The van der Waals surface area contributed by atoms with Crippen molar-refractivity contribution < 1.29 is 20.1 Å². The van der Waals surface area contributed by atoms with Gasteiger partial charge < -0.3 is 15.3 Å². The summed E-state index contributed by atoms with van der Waals surface area (Å²) >= 11 is 0. The maximum atomic E-state index is 9.59. The molecule has 0 rings (SSSR count). The third kappa shape index (κ3) is 156. The number of hydrogen-bond donors (Lipinski definition) is 1. The fourth-order valence-electron chi connectivity index (χ4n) is 0. The minimum atomic E-state index is -0.245. The summed E-state index contributed by atoms with van der Waals surface area (Å²) in [5.74, 6) is -0.245. The van der Waals surface area contributed by atoms with Crippen LogP contribution in [0.15, 0.2) is 0 Å². The molecule has 0 aromatic heterocycles. The van der Waals surface area contributed by atoms with Gasteiger partial charge in [-0.1, -0.05) is 0 Å². The summed E-state index contributed by atoms with van der Waals surface area (Å²) in [6.07, 6.45) is -0.167. The Morgan fingerprint density at radius 1 is 1.50 bits per heavy atom. The molecule has 0 saturated carbocycles. The zero-order valence-corrected chi connectivity index (χ0v) is 6.84. The van der Waals surface area contributed by atoms with Crippen LogP contribution in [0.5, 0.6) is 0 Å². The second-order valence-electron chi connectivity index (χ2n) is 1.79. The first-order valence-corrected chi connectivity index (χ1v) is 2.73. The van der Waals surface area contributed by atoms with E-state index in [0.29, 0.717) is 0 Å². The van der Waals surface area contributed by atoms with E-state index in [9.17, 15) is 4.79 Å². The van der Waals surface area contributed by atoms with Crippen LogP contribution in [0.25, 0.3) is 0 Å². The molecule has 0 spiro atoms. The fourth-order valence-corrected chi connectivity index (χ4v) is 0. The Bertz CT molecular complexity index is 67.4. The monoisotopic (exact) mass is 152 g/mol. The van der Waals surface area contributed by atoms with Crippen molar-refractivity contribution in [2.75, 3.05) is 7.11 Å². The maximum absolute atomic E-state index is 9.59. The zero-order valence-electron chi connectivity index (χ0n) is 6.84. The van der Waals surface area contributed by atoms with Gasteiger partial charge in [-0.3, -0.25) is 4.79 Å². The van der Waals surface area contributed by atoms with Gasteiger partial charge in [-0.25, -0.2) is 0 Å². The van der Waals surface area contributed by atoms with Crippen LogP contribution in [-0.4, -0.2) is 29.8 Å². The SMILES string of the molecule is CC(C)O.COC(C)=O.O. The summed E-state index contributed by atoms with van der Waals surface area (Å²) in [5, 5.41) is 8.06. The molecular weight excluding hydrogens is 136 g/mol. The van der Waals surface area contributed by atoms with E-state index in [-0.39, 0.29) is 17.5 Å². The molecular formula is C6H16O4. The van der Waals surface area contributed by atoms with Crippen LogP contribution in [0.1, 0.15) is 20.8 Å². The van der Waals surface area contributed by atoms with Gasteiger partial charge in [-0.15, -0.1) is 0 Å². The number of carbonyl (C=O) groups excluding carboxylic acids is 1. The Balaban J connectivity index is -0.0000000910. The molecule has 64 valence electrons. The first-order valence-electron chi connectivity index (χ1n) is 2.73. The number of esters is 1. The van der Waals surface area contributed by atoms with E-state index < -0.39 is 0 Å². The molecule has 0 atom stereocenters. The lowest BCUT2D eigenvalue weighted by Crippen LogP contribution is -1.88. The van der Waals surface area contributed by atoms with Crippen molar-refractivity contribution >= 4 is 5.97 Å². The van der Waals surface area contributed by atoms with Crippen molar-refractivity contribution in [3.05, 3.63) is 0 Å². The number of methoxy groups -OCH3 is 1. The van der Waals surface area contributed by atoms with E-state index in [4.69, 9.17) is 5.11 Å². The Labute approximate surface area is 61.1 Å². The van der Waals surface area contributed by atoms with E-state index in [1.165, 1.54) is 14.0 Å². The fraction of sp³-hybridized carbons (Fsp3) is 0.833. The summed E-state index contributed by atoms with van der Waals surface area (Å²) in [4.78, 5) is 9.59. The molecule has 0 unspecified atom stereocenters. The second-order valence-corrected chi connectivity index (χ2v) is 1.79. The van der Waals surface area contributed by atoms with Crippen molar-refractivity contribution in [2.45, 2.75) is 26.9 Å². The van der Waals surface area contributed by atoms with E-state index in [2.05, 4.69) is 4.74 Å². The van der Waals surface area contributed by atoms with Gasteiger partial charge in [-0.05, 0) is 13.8 Å². The lowest BCUT2D eigenvalue weighted by molar-refractivity contribution is -0.137. The van der Waals surface area contributed by atoms with Gasteiger partial charge in [0.05, 0.1) is 7.11 Å². The molecule has 4 heteroatoms. The molecule has 0 aromatic carbocycles. The largest absolute Gasteiger partial charge is 0.469 e. The molecule has 0 bridgehead atoms. The van der Waals surface area contributed by atoms with Crippen molar-refractivity contribution in [3.8, 4) is 0 Å². The first-order chi connectivity index (χ1) is 4.00. The Hall–Kier alpha value is -0.610. The van der Waals surface area contributed by atoms with Crippen molar-refractivity contribution in [2.24, 2.45) is 0 Å². The van der Waals surface area contributed by atoms with Crippen molar-refractivity contribution in [1.82, 2.24) is 0 Å². The average Bonchev–Trinajstić information content (AvgIpc) is 1.65. The van der Waals surface area contributed by atoms with E-state index in [1.54, 1.807) is 13.8 Å². The number of hydrogen-bond acceptors (Lipinski definition) is 3. The molecule has 0 aliphatic heterocycles. The number of aliphatic hydroxyl groups is 1. The van der Waals surface area contributed by atoms with Crippen LogP contribution < -0.4 is 0 Å². The molecule has 0 radical (unpaired) electrons. The van der Waals surface area contributed by atoms with Gasteiger partial charge in [0.1, 0.15) is 0 Å². The normalized spacial score (nSPS) is 7.00. The molecule has 0 heterocycles. The molecule has 0 aromatic rings. The molecule has 0 amide bonds. The molecule has 0 aliphatic carbocycles. The van der Waals surface area contributed by atoms with Gasteiger partial charge in [0.15, 0.2) is 0 Å². The number of rotatable bonds is 0. The lowest BCUT2D eigenvalue weighted by atomic mass is 10.5. The predicted molar refractivity (Wildman–Crippen MR) is 38.7 cm³/mol. The van der Waals surface area contributed by atoms with Gasteiger partial charge in [0, 0.05) is 13.0 Å². The predicted octanol–water partition coefficient (Wildman–Crippen LogP) is -0.258. The van der Waals surface area contributed by atoms with Gasteiger partial charge in [-0.2, -0.15) is 0 Å². The summed E-state index contributed by atoms with van der Waals surface area (Å²) in [5.41, 5.74) is 0. The molecule has 4 nitrogen and oxygen atoms in total. The van der Waals surface area contributed by atoms with Crippen LogP contribution in [0.3, 0.4) is 0 Å². The molecule has 0 fully saturated rings. The number of ether oxygens (including phenoxy) is 1. The van der Waals surface area contributed by atoms with Crippen LogP contribution in [0.2, 0.25) is 0 Å². The highest BCUT2D eigenvalue weighted by atomic mass is 16.5.